The molecule has 10 atom stereocenters. The molecular formula is C19H24O7. The zero-order valence-corrected chi connectivity index (χ0v) is 15.0. The maximum Gasteiger partial charge on any atom is 0.313 e. The first-order chi connectivity index (χ1) is 12.1. The third-order valence-electron chi connectivity index (χ3n) is 8.30. The van der Waals surface area contributed by atoms with E-state index in [9.17, 15) is 24.9 Å². The Morgan fingerprint density at radius 1 is 1.19 bits per heavy atom. The lowest BCUT2D eigenvalue weighted by atomic mass is 9.39. The monoisotopic (exact) mass is 364 g/mol. The van der Waals surface area contributed by atoms with Gasteiger partial charge in [0.15, 0.2) is 11.9 Å². The van der Waals surface area contributed by atoms with Crippen molar-refractivity contribution in [3.05, 3.63) is 11.6 Å². The van der Waals surface area contributed by atoms with Crippen molar-refractivity contribution < 1.29 is 34.4 Å². The van der Waals surface area contributed by atoms with Gasteiger partial charge in [-0.3, -0.25) is 9.59 Å². The van der Waals surface area contributed by atoms with Crippen LogP contribution in [0.5, 0.6) is 0 Å². The van der Waals surface area contributed by atoms with E-state index in [1.165, 1.54) is 6.08 Å². The van der Waals surface area contributed by atoms with Gasteiger partial charge < -0.3 is 24.8 Å². The molecule has 4 fully saturated rings. The highest BCUT2D eigenvalue weighted by Crippen LogP contribution is 2.72. The van der Waals surface area contributed by atoms with E-state index in [1.807, 2.05) is 6.92 Å². The van der Waals surface area contributed by atoms with Gasteiger partial charge in [-0.2, -0.15) is 0 Å². The summed E-state index contributed by atoms with van der Waals surface area (Å²) in [4.78, 5) is 25.1. The summed E-state index contributed by atoms with van der Waals surface area (Å²) in [7, 11) is 0. The first-order valence-corrected chi connectivity index (χ1v) is 9.20. The molecule has 0 aromatic rings. The Morgan fingerprint density at radius 2 is 1.88 bits per heavy atom. The summed E-state index contributed by atoms with van der Waals surface area (Å²) in [6, 6.07) is 0. The highest BCUT2D eigenvalue weighted by Gasteiger charge is 2.83. The summed E-state index contributed by atoms with van der Waals surface area (Å²) in [5.41, 5.74) is -2.28. The number of fused-ring (bicyclic) bond motifs is 2. The van der Waals surface area contributed by atoms with Crippen LogP contribution in [0.15, 0.2) is 11.6 Å². The molecule has 142 valence electrons. The Kier molecular flexibility index (Phi) is 2.97. The van der Waals surface area contributed by atoms with Gasteiger partial charge in [-0.25, -0.2) is 0 Å². The Bertz CT molecular complexity index is 761. The molecule has 7 nitrogen and oxygen atoms in total. The Hall–Kier alpha value is -1.28. The molecule has 5 rings (SSSR count). The molecule has 0 amide bonds. The summed E-state index contributed by atoms with van der Waals surface area (Å²) in [6.45, 7) is 5.46. The lowest BCUT2D eigenvalue weighted by molar-refractivity contribution is -0.234. The van der Waals surface area contributed by atoms with Gasteiger partial charge in [0.05, 0.1) is 24.7 Å². The number of ether oxygens (including phenoxy) is 2. The first-order valence-electron chi connectivity index (χ1n) is 9.20. The molecule has 3 aliphatic carbocycles. The molecule has 4 bridgehead atoms. The van der Waals surface area contributed by atoms with Crippen LogP contribution in [0.25, 0.3) is 0 Å². The minimum atomic E-state index is -1.31. The van der Waals surface area contributed by atoms with E-state index in [2.05, 4.69) is 0 Å². The van der Waals surface area contributed by atoms with E-state index in [4.69, 9.17) is 9.47 Å². The van der Waals surface area contributed by atoms with Crippen molar-refractivity contribution >= 4 is 11.8 Å². The van der Waals surface area contributed by atoms with E-state index in [0.29, 0.717) is 6.42 Å². The zero-order chi connectivity index (χ0) is 18.8. The molecule has 0 aromatic carbocycles. The van der Waals surface area contributed by atoms with Gasteiger partial charge >= 0.3 is 5.97 Å². The maximum atomic E-state index is 12.7. The number of aliphatic hydroxyl groups is 3. The van der Waals surface area contributed by atoms with Crippen molar-refractivity contribution in [2.24, 2.45) is 28.6 Å². The van der Waals surface area contributed by atoms with Gasteiger partial charge in [-0.15, -0.1) is 0 Å². The van der Waals surface area contributed by atoms with Gasteiger partial charge in [0, 0.05) is 16.7 Å². The van der Waals surface area contributed by atoms with Crippen LogP contribution in [0, 0.1) is 28.6 Å². The van der Waals surface area contributed by atoms with Crippen LogP contribution >= 0.6 is 0 Å². The SMILES string of the molecule is CC1=CC(=O)[C@@H](O)[C@]2(C)[C@H]3[C@@H](O)[C@@H]4OC(=O)[C@H]5[C@@]4(C)OC[C@@]35[C@H](O)C[C@@H]12. The fraction of sp³-hybridized carbons (Fsp3) is 0.789. The summed E-state index contributed by atoms with van der Waals surface area (Å²) in [5, 5.41) is 33.3. The van der Waals surface area contributed by atoms with E-state index < -0.39 is 64.4 Å². The minimum absolute atomic E-state index is 0.106. The normalized spacial score (nSPS) is 60.2. The highest BCUT2D eigenvalue weighted by atomic mass is 16.6. The molecule has 5 aliphatic rings. The van der Waals surface area contributed by atoms with Crippen molar-refractivity contribution in [2.45, 2.75) is 57.2 Å². The summed E-state index contributed by atoms with van der Waals surface area (Å²) in [6.07, 6.45) is -2.46. The number of rotatable bonds is 0. The van der Waals surface area contributed by atoms with E-state index in [-0.39, 0.29) is 12.5 Å². The maximum absolute atomic E-state index is 12.7. The molecule has 0 unspecified atom stereocenters. The number of carbonyl (C=O) groups is 2. The lowest BCUT2D eigenvalue weighted by Crippen LogP contribution is -2.73. The fourth-order valence-electron chi connectivity index (χ4n) is 7.27. The van der Waals surface area contributed by atoms with E-state index >= 15 is 0 Å². The summed E-state index contributed by atoms with van der Waals surface area (Å²) >= 11 is 0. The fourth-order valence-corrected chi connectivity index (χ4v) is 7.27. The van der Waals surface area contributed by atoms with Crippen LogP contribution in [0.1, 0.15) is 27.2 Å². The lowest BCUT2D eigenvalue weighted by Gasteiger charge is -2.63. The average molecular weight is 364 g/mol. The van der Waals surface area contributed by atoms with Crippen molar-refractivity contribution in [1.82, 2.24) is 0 Å². The second-order valence-electron chi connectivity index (χ2n) is 9.21. The predicted molar refractivity (Wildman–Crippen MR) is 86.6 cm³/mol. The first kappa shape index (κ1) is 16.9. The second kappa shape index (κ2) is 4.58. The van der Waals surface area contributed by atoms with Crippen LogP contribution in [0.2, 0.25) is 0 Å². The Labute approximate surface area is 151 Å². The molecule has 26 heavy (non-hydrogen) atoms. The molecule has 2 saturated heterocycles. The van der Waals surface area contributed by atoms with Gasteiger partial charge in [0.25, 0.3) is 0 Å². The standard InChI is InChI=1S/C19H24O7/c1-7-4-9(20)14(23)17(2)8(7)5-10(21)19-6-25-18(3)13(19)16(24)26-15(18)11(22)12(17)19/h4,8,10-15,21-23H,5-6H2,1-3H3/t8-,10+,11+,12+,13-,14+,15-,17-,18+,19+/m0/s1. The molecule has 2 saturated carbocycles. The second-order valence-corrected chi connectivity index (χ2v) is 9.21. The van der Waals surface area contributed by atoms with Crippen molar-refractivity contribution in [1.29, 1.82) is 0 Å². The summed E-state index contributed by atoms with van der Waals surface area (Å²) < 4.78 is 11.5. The highest BCUT2D eigenvalue weighted by molar-refractivity contribution is 5.96. The number of aliphatic hydroxyl groups excluding tert-OH is 3. The average Bonchev–Trinajstić information content (AvgIpc) is 2.94. The molecule has 3 N–H and O–H groups in total. The van der Waals surface area contributed by atoms with Crippen LogP contribution < -0.4 is 0 Å². The quantitative estimate of drug-likeness (QED) is 0.500. The van der Waals surface area contributed by atoms with Crippen LogP contribution in [0.4, 0.5) is 0 Å². The van der Waals surface area contributed by atoms with Gasteiger partial charge in [-0.1, -0.05) is 12.5 Å². The van der Waals surface area contributed by atoms with Gasteiger partial charge in [0.1, 0.15) is 11.7 Å². The molecule has 0 aromatic heterocycles. The van der Waals surface area contributed by atoms with Crippen LogP contribution in [0.3, 0.4) is 0 Å². The largest absolute Gasteiger partial charge is 0.456 e. The molecular weight excluding hydrogens is 340 g/mol. The molecule has 0 radical (unpaired) electrons. The number of esters is 1. The third kappa shape index (κ3) is 1.46. The van der Waals surface area contributed by atoms with Crippen LogP contribution in [-0.2, 0) is 19.1 Å². The van der Waals surface area contributed by atoms with Gasteiger partial charge in [0.2, 0.25) is 0 Å². The Morgan fingerprint density at radius 3 is 2.58 bits per heavy atom. The van der Waals surface area contributed by atoms with Gasteiger partial charge in [-0.05, 0) is 32.3 Å². The van der Waals surface area contributed by atoms with Crippen LogP contribution in [-0.4, -0.2) is 63.7 Å². The van der Waals surface area contributed by atoms with E-state index in [0.717, 1.165) is 5.57 Å². The topological polar surface area (TPSA) is 113 Å². The molecule has 1 spiro atoms. The number of ketones is 1. The van der Waals surface area contributed by atoms with E-state index in [1.54, 1.807) is 13.8 Å². The van der Waals surface area contributed by atoms with Crippen molar-refractivity contribution in [3.8, 4) is 0 Å². The zero-order valence-electron chi connectivity index (χ0n) is 15.0. The van der Waals surface area contributed by atoms with Crippen molar-refractivity contribution in [2.75, 3.05) is 6.61 Å². The number of hydrogen-bond donors (Lipinski definition) is 3. The minimum Gasteiger partial charge on any atom is -0.456 e. The van der Waals surface area contributed by atoms with Crippen molar-refractivity contribution in [3.63, 3.8) is 0 Å². The number of carbonyl (C=O) groups excluding carboxylic acids is 2. The number of hydrogen-bond acceptors (Lipinski definition) is 7. The number of allylic oxidation sites excluding steroid dienone is 1. The molecule has 7 heteroatoms. The predicted octanol–water partition coefficient (Wildman–Crippen LogP) is -0.429. The molecule has 2 heterocycles. The Balaban J connectivity index is 1.77. The third-order valence-corrected chi connectivity index (χ3v) is 8.30. The molecule has 2 aliphatic heterocycles. The smallest absolute Gasteiger partial charge is 0.313 e. The summed E-state index contributed by atoms with van der Waals surface area (Å²) in [5.74, 6) is -2.54.